The first-order chi connectivity index (χ1) is 53.5. The number of ketones is 9. The second-order valence-corrected chi connectivity index (χ2v) is 32.8. The normalized spacial score (nSPS) is 13.5. The molecule has 2 N–H and O–H groups in total. The van der Waals surface area contributed by atoms with Gasteiger partial charge in [-0.2, -0.15) is 0 Å². The number of anilines is 1. The zero-order valence-corrected chi connectivity index (χ0v) is 62.5. The van der Waals surface area contributed by atoms with Crippen LogP contribution < -0.4 is 10.5 Å². The molecule has 4 heterocycles. The molecule has 0 amide bonds. The number of hydrogen-bond acceptors (Lipinski definition) is 19. The largest absolute Gasteiger partial charge is 0.497 e. The average Bonchev–Trinajstić information content (AvgIpc) is 1.60. The summed E-state index contributed by atoms with van der Waals surface area (Å²) in [6, 6.07) is 59.5. The molecule has 0 radical (unpaired) electrons. The topological polar surface area (TPSA) is 345 Å². The summed E-state index contributed by atoms with van der Waals surface area (Å²) in [6.45, 7) is 3.36. The summed E-state index contributed by atoms with van der Waals surface area (Å²) < 4.78 is 115. The summed E-state index contributed by atoms with van der Waals surface area (Å²) in [5.74, 6) is -5.02. The number of carbonyl (C=O) groups is 9. The van der Waals surface area contributed by atoms with E-state index in [2.05, 4.69) is 0 Å². The number of fused-ring (bicyclic) bond motifs is 4. The summed E-state index contributed by atoms with van der Waals surface area (Å²) in [6.07, 6.45) is 15.7. The minimum absolute atomic E-state index is 0.0196. The van der Waals surface area contributed by atoms with Crippen LogP contribution in [0, 0.1) is 6.92 Å². The van der Waals surface area contributed by atoms with Gasteiger partial charge in [0.25, 0.3) is 40.1 Å². The molecular formula is C85H61N5O18S4. The van der Waals surface area contributed by atoms with Gasteiger partial charge in [0.2, 0.25) is 46.3 Å². The Bertz CT molecular complexity index is 6530. The monoisotopic (exact) mass is 1570 g/mol. The number of nitrogens with two attached hydrogens (primary N) is 1. The van der Waals surface area contributed by atoms with E-state index in [1.807, 2.05) is 13.0 Å². The summed E-state index contributed by atoms with van der Waals surface area (Å²) in [7, 11) is -14.2. The molecule has 0 fully saturated rings. The van der Waals surface area contributed by atoms with E-state index in [-0.39, 0.29) is 76.8 Å². The van der Waals surface area contributed by atoms with E-state index in [1.54, 1.807) is 164 Å². The molecule has 0 atom stereocenters. The fourth-order valence-electron chi connectivity index (χ4n) is 12.7. The molecule has 0 unspecified atom stereocenters. The fraction of sp³-hybridized carbons (Fsp3) is 0.0471. The van der Waals surface area contributed by atoms with Gasteiger partial charge in [0.15, 0.2) is 0 Å². The van der Waals surface area contributed by atoms with Crippen molar-refractivity contribution in [2.24, 2.45) is 0 Å². The number of nitrogens with zero attached hydrogens (tertiary/aromatic N) is 4. The van der Waals surface area contributed by atoms with Gasteiger partial charge < -0.3 is 10.5 Å². The number of allylic oxidation sites excluding steroid dienone is 4. The quantitative estimate of drug-likeness (QED) is 0.0736. The summed E-state index contributed by atoms with van der Waals surface area (Å²) in [5.41, 5.74) is 12.9. The number of aryl methyl sites for hydroxylation is 1. The first kappa shape index (κ1) is 76.5. The summed E-state index contributed by atoms with van der Waals surface area (Å²) in [4.78, 5) is 110. The predicted molar refractivity (Wildman–Crippen MR) is 419 cm³/mol. The van der Waals surface area contributed by atoms with Crippen molar-refractivity contribution in [2.45, 2.75) is 39.9 Å². The highest BCUT2D eigenvalue weighted by Crippen LogP contribution is 2.40. The molecule has 23 nitrogen and oxygen atoms in total. The van der Waals surface area contributed by atoms with Crippen LogP contribution in [0.2, 0.25) is 0 Å². The van der Waals surface area contributed by atoms with Gasteiger partial charge >= 0.3 is 0 Å². The Labute approximate surface area is 642 Å². The maximum atomic E-state index is 13.2. The highest BCUT2D eigenvalue weighted by molar-refractivity contribution is 7.91. The minimum atomic E-state index is -3.98. The molecule has 4 aliphatic carbocycles. The number of Topliss-reactive ketones (excluding diaryl/α,β-unsaturated/α-hetero) is 5. The number of benzene rings is 8. The fourth-order valence-corrected chi connectivity index (χ4v) is 18.3. The molecule has 4 aliphatic rings. The van der Waals surface area contributed by atoms with E-state index in [1.165, 1.54) is 112 Å². The average molecular weight is 1570 g/mol. The Morgan fingerprint density at radius 3 is 0.875 bits per heavy atom. The van der Waals surface area contributed by atoms with E-state index < -0.39 is 86.4 Å². The molecule has 0 bridgehead atoms. The number of carbonyl (C=O) groups excluding carboxylic acids is 9. The first-order valence-corrected chi connectivity index (χ1v) is 39.7. The Hall–Kier alpha value is -13.7. The number of aromatic nitrogens is 4. The van der Waals surface area contributed by atoms with E-state index in [0.717, 1.165) is 51.3 Å². The van der Waals surface area contributed by atoms with Gasteiger partial charge in [-0.25, -0.2) is 49.6 Å². The van der Waals surface area contributed by atoms with Crippen molar-refractivity contribution < 1.29 is 81.6 Å². The van der Waals surface area contributed by atoms with Crippen molar-refractivity contribution in [2.75, 3.05) is 12.8 Å². The van der Waals surface area contributed by atoms with Gasteiger partial charge in [-0.15, -0.1) is 0 Å². The molecule has 16 rings (SSSR count). The second kappa shape index (κ2) is 30.7. The Morgan fingerprint density at radius 1 is 0.330 bits per heavy atom. The van der Waals surface area contributed by atoms with Gasteiger partial charge in [-0.05, 0) is 163 Å². The molecule has 0 saturated carbocycles. The van der Waals surface area contributed by atoms with Crippen LogP contribution in [0.15, 0.2) is 287 Å². The highest BCUT2D eigenvalue weighted by Gasteiger charge is 2.37. The van der Waals surface area contributed by atoms with Crippen LogP contribution in [0.25, 0.3) is 68.8 Å². The van der Waals surface area contributed by atoms with Crippen molar-refractivity contribution >= 4 is 122 Å². The van der Waals surface area contributed by atoms with E-state index in [9.17, 15) is 76.8 Å². The van der Waals surface area contributed by atoms with E-state index in [4.69, 9.17) is 10.5 Å². The lowest BCUT2D eigenvalue weighted by molar-refractivity contribution is -0.116. The lowest BCUT2D eigenvalue weighted by Crippen LogP contribution is -2.20. The zero-order chi connectivity index (χ0) is 79.7. The molecule has 27 heteroatoms. The van der Waals surface area contributed by atoms with Crippen molar-refractivity contribution in [1.82, 2.24) is 15.9 Å². The van der Waals surface area contributed by atoms with Gasteiger partial charge in [-0.1, -0.05) is 151 Å². The van der Waals surface area contributed by atoms with Crippen LogP contribution >= 0.6 is 0 Å². The van der Waals surface area contributed by atoms with Gasteiger partial charge in [0.05, 0.1) is 71.7 Å². The molecule has 0 spiro atoms. The van der Waals surface area contributed by atoms with Crippen LogP contribution in [-0.2, 0) is 70.5 Å². The third-order valence-electron chi connectivity index (χ3n) is 18.3. The Balaban J connectivity index is 0.000000131. The van der Waals surface area contributed by atoms with Crippen molar-refractivity contribution in [3.63, 3.8) is 0 Å². The van der Waals surface area contributed by atoms with Crippen molar-refractivity contribution in [3.05, 3.63) is 324 Å². The number of ether oxygens (including phenoxy) is 1. The molecule has 4 aromatic heterocycles. The van der Waals surface area contributed by atoms with Crippen molar-refractivity contribution in [1.29, 1.82) is 0 Å². The van der Waals surface area contributed by atoms with Crippen LogP contribution in [-0.4, -0.2) is 109 Å². The zero-order valence-electron chi connectivity index (χ0n) is 59.3. The molecule has 558 valence electrons. The van der Waals surface area contributed by atoms with E-state index in [0.29, 0.717) is 55.9 Å². The number of methoxy groups -OCH3 is 1. The maximum Gasteiger partial charge on any atom is 0.268 e. The molecule has 0 saturated heterocycles. The molecular weight excluding hydrogens is 1510 g/mol. The van der Waals surface area contributed by atoms with E-state index >= 15 is 0 Å². The standard InChI is InChI=1S/C23H17NO5S.C21H15NO5S.C21H15NO4S.C20H14N2O4S/c1-15(25)13-16-7-9-17(10-8-16)19-14-24(20-11-12-21(26)23(27)22(19)20)30(28,29)18-5-3-2-4-6-18;1-27-15-9-7-14(8-10-15)17-13-22(18-11-12-19(23)21(24)20(17)18)28(25,26)16-5-3-2-4-6-16;1-14-7-9-16(10-8-14)27(25,26)22-13-17(15-5-3-2-4-6-15)20-18(22)11-12-19(23)21(20)24;21-14-8-6-13(7-9-14)16-12-22(17-10-11-18(23)20(24)19(16)17)27(25,26)15-4-2-1-3-5-15/h2-12,14H,13H2,1H3;2-13H,1H3;2-13H,1H3;1-12H,21H2. The number of rotatable bonds is 15. The van der Waals surface area contributed by atoms with Gasteiger partial charge in [0, 0.05) is 59.1 Å². The minimum Gasteiger partial charge on any atom is -0.497 e. The number of nitrogen functional groups attached to an aromatic ring is 1. The predicted octanol–water partition coefficient (Wildman–Crippen LogP) is 12.7. The summed E-state index contributed by atoms with van der Waals surface area (Å²) >= 11 is 0. The second-order valence-electron chi connectivity index (χ2n) is 25.6. The SMILES string of the molecule is CC(=O)Cc1ccc(-c2cn(S(=O)(=O)c3ccccc3)c3c2C(=O)C(=O)C=C3)cc1.COc1ccc(-c2cn(S(=O)(=O)c3ccccc3)c3c2C(=O)C(=O)C=C3)cc1.Cc1ccc(S(=O)(=O)n2cc(-c3ccccc3)c3c2C=CC(=O)C3=O)cc1.Nc1ccc(-c2cn(S(=O)(=O)c3ccccc3)c3c2C(=O)C(=O)C=C3)cc1. The van der Waals surface area contributed by atoms with Crippen molar-refractivity contribution in [3.8, 4) is 50.3 Å². The Morgan fingerprint density at radius 2 is 0.589 bits per heavy atom. The Kier molecular flexibility index (Phi) is 21.0. The highest BCUT2D eigenvalue weighted by atomic mass is 32.2. The summed E-state index contributed by atoms with van der Waals surface area (Å²) in [5, 5.41) is 0. The third-order valence-corrected chi connectivity index (χ3v) is 25.1. The van der Waals surface area contributed by atoms with Crippen LogP contribution in [0.3, 0.4) is 0 Å². The first-order valence-electron chi connectivity index (χ1n) is 34.0. The van der Waals surface area contributed by atoms with Crippen LogP contribution in [0.5, 0.6) is 5.75 Å². The molecule has 12 aromatic rings. The molecule has 0 aliphatic heterocycles. The molecule has 8 aromatic carbocycles. The van der Waals surface area contributed by atoms with Crippen LogP contribution in [0.1, 0.15) is 82.3 Å². The lowest BCUT2D eigenvalue weighted by atomic mass is 9.94. The lowest BCUT2D eigenvalue weighted by Gasteiger charge is -2.11. The third kappa shape index (κ3) is 14.6. The van der Waals surface area contributed by atoms with Gasteiger partial charge in [-0.3, -0.25) is 43.2 Å². The van der Waals surface area contributed by atoms with Gasteiger partial charge in [0.1, 0.15) is 11.5 Å². The molecule has 112 heavy (non-hydrogen) atoms. The maximum absolute atomic E-state index is 13.2. The van der Waals surface area contributed by atoms with Crippen LogP contribution in [0.4, 0.5) is 5.69 Å². The number of hydrogen-bond donors (Lipinski definition) is 1. The smallest absolute Gasteiger partial charge is 0.268 e.